The molecule has 0 bridgehead atoms. The van der Waals surface area contributed by atoms with E-state index in [1.165, 1.54) is 0 Å². The van der Waals surface area contributed by atoms with E-state index in [1.807, 2.05) is 39.8 Å². The van der Waals surface area contributed by atoms with Crippen LogP contribution in [0, 0.1) is 6.92 Å². The average molecular weight is 399 g/mol. The van der Waals surface area contributed by atoms with E-state index in [0.717, 1.165) is 36.6 Å². The second-order valence-corrected chi connectivity index (χ2v) is 8.49. The maximum atomic E-state index is 12.3. The Labute approximate surface area is 170 Å². The van der Waals surface area contributed by atoms with Crippen LogP contribution in [-0.4, -0.2) is 39.7 Å². The summed E-state index contributed by atoms with van der Waals surface area (Å²) in [7, 11) is 0. The summed E-state index contributed by atoms with van der Waals surface area (Å²) in [5, 5.41) is 18.4. The number of aryl methyl sites for hydroxylation is 1. The van der Waals surface area contributed by atoms with Gasteiger partial charge in [0.25, 0.3) is 0 Å². The van der Waals surface area contributed by atoms with Crippen LogP contribution in [0.5, 0.6) is 0 Å². The minimum Gasteiger partial charge on any atom is -0.542 e. The van der Waals surface area contributed by atoms with E-state index < -0.39 is 17.7 Å². The van der Waals surface area contributed by atoms with Crippen molar-refractivity contribution in [2.45, 2.75) is 71.1 Å². The Bertz CT molecular complexity index is 923. The number of carbonyl (C=O) groups is 2. The normalized spacial score (nSPS) is 19.6. The number of hydrogen-bond donors (Lipinski definition) is 2. The highest BCUT2D eigenvalue weighted by atomic mass is 16.6. The molecule has 0 radical (unpaired) electrons. The highest BCUT2D eigenvalue weighted by Gasteiger charge is 2.29. The third kappa shape index (κ3) is 5.34. The number of alkyl carbamates (subject to hydrolysis) is 1. The number of amides is 1. The number of benzene rings is 1. The lowest BCUT2D eigenvalue weighted by Gasteiger charge is -2.34. The number of carboxylic acid groups (broad SMARTS) is 1. The molecule has 0 saturated heterocycles. The van der Waals surface area contributed by atoms with Crippen LogP contribution in [0.1, 0.15) is 62.6 Å². The van der Waals surface area contributed by atoms with E-state index in [4.69, 9.17) is 4.74 Å². The lowest BCUT2D eigenvalue weighted by molar-refractivity contribution is -0.256. The van der Waals surface area contributed by atoms with Gasteiger partial charge in [-0.1, -0.05) is 24.5 Å². The Hall–Kier alpha value is -2.90. The number of hydrogen-bond acceptors (Lipinski definition) is 7. The van der Waals surface area contributed by atoms with Crippen molar-refractivity contribution in [3.63, 3.8) is 0 Å². The zero-order valence-corrected chi connectivity index (χ0v) is 17.2. The molecule has 2 atom stereocenters. The van der Waals surface area contributed by atoms with Crippen LogP contribution < -0.4 is 15.7 Å². The molecule has 29 heavy (non-hydrogen) atoms. The van der Waals surface area contributed by atoms with Gasteiger partial charge in [-0.3, -0.25) is 0 Å². The largest absolute Gasteiger partial charge is 0.542 e. The van der Waals surface area contributed by atoms with Gasteiger partial charge >= 0.3 is 6.09 Å². The van der Waals surface area contributed by atoms with Gasteiger partial charge in [-0.05, 0) is 52.7 Å². The highest BCUT2D eigenvalue weighted by Crippen LogP contribution is 2.27. The van der Waals surface area contributed by atoms with E-state index >= 15 is 0 Å². The fourth-order valence-electron chi connectivity index (χ4n) is 3.55. The Morgan fingerprint density at radius 1 is 1.14 bits per heavy atom. The number of aromatic carboxylic acids is 1. The second-order valence-electron chi connectivity index (χ2n) is 8.49. The number of carbonyl (C=O) groups excluding carboxylic acids is 2. The summed E-state index contributed by atoms with van der Waals surface area (Å²) >= 11 is 0. The summed E-state index contributed by atoms with van der Waals surface area (Å²) in [6.07, 6.45) is 3.15. The summed E-state index contributed by atoms with van der Waals surface area (Å²) in [6.45, 7) is 7.41. The van der Waals surface area contributed by atoms with E-state index in [-0.39, 0.29) is 17.9 Å². The number of nitrogens with zero attached hydrogens (tertiary/aromatic N) is 2. The lowest BCUT2D eigenvalue weighted by Crippen LogP contribution is -2.50. The van der Waals surface area contributed by atoms with E-state index in [2.05, 4.69) is 20.6 Å². The van der Waals surface area contributed by atoms with Crippen molar-refractivity contribution in [3.8, 4) is 0 Å². The fraction of sp³-hybridized carbons (Fsp3) is 0.524. The first kappa shape index (κ1) is 20.8. The Balaban J connectivity index is 1.88. The van der Waals surface area contributed by atoms with E-state index in [1.54, 1.807) is 6.07 Å². The molecule has 0 spiro atoms. The minimum absolute atomic E-state index is 0.107. The van der Waals surface area contributed by atoms with Crippen molar-refractivity contribution in [1.29, 1.82) is 0 Å². The predicted octanol–water partition coefficient (Wildman–Crippen LogP) is 2.55. The summed E-state index contributed by atoms with van der Waals surface area (Å²) in [5.41, 5.74) is 0.961. The molecule has 8 nitrogen and oxygen atoms in total. The van der Waals surface area contributed by atoms with Crippen LogP contribution in [-0.2, 0) is 4.74 Å². The molecular formula is C21H27N4O4-. The van der Waals surface area contributed by atoms with Gasteiger partial charge in [-0.2, -0.15) is 0 Å². The average Bonchev–Trinajstić information content (AvgIpc) is 2.61. The number of ether oxygens (including phenoxy) is 1. The molecule has 8 heteroatoms. The number of aromatic nitrogens is 2. The van der Waals surface area contributed by atoms with Gasteiger partial charge in [-0.15, -0.1) is 0 Å². The molecule has 1 saturated carbocycles. The molecule has 0 unspecified atom stereocenters. The Morgan fingerprint density at radius 2 is 1.83 bits per heavy atom. The molecule has 1 heterocycles. The maximum Gasteiger partial charge on any atom is 0.407 e. The molecule has 2 aromatic rings. The van der Waals surface area contributed by atoms with E-state index in [0.29, 0.717) is 11.3 Å². The zero-order valence-electron chi connectivity index (χ0n) is 17.2. The first-order valence-electron chi connectivity index (χ1n) is 9.88. The van der Waals surface area contributed by atoms with Gasteiger partial charge in [0.1, 0.15) is 17.4 Å². The second kappa shape index (κ2) is 8.23. The fourth-order valence-corrected chi connectivity index (χ4v) is 3.55. The third-order valence-corrected chi connectivity index (χ3v) is 4.82. The summed E-state index contributed by atoms with van der Waals surface area (Å²) in [4.78, 5) is 31.9. The van der Waals surface area contributed by atoms with Gasteiger partial charge in [-0.25, -0.2) is 14.8 Å². The van der Waals surface area contributed by atoms with Crippen LogP contribution in [0.25, 0.3) is 10.9 Å². The molecule has 1 aliphatic rings. The minimum atomic E-state index is -1.43. The van der Waals surface area contributed by atoms with Crippen LogP contribution in [0.3, 0.4) is 0 Å². The molecule has 1 aliphatic carbocycles. The van der Waals surface area contributed by atoms with Gasteiger partial charge < -0.3 is 25.3 Å². The standard InChI is InChI=1S/C21H28N4O4/c1-12-9-10-14-13(11-12)17(25-18(22-14)19(26)27)23-15-7-5-6-8-16(15)24-20(28)29-21(2,3)4/h9-11,15-16H,5-8H2,1-4H3,(H,24,28)(H,26,27)(H,22,23,25)/p-1/t15-,16+/m0/s1. The van der Waals surface area contributed by atoms with Crippen molar-refractivity contribution in [2.24, 2.45) is 0 Å². The smallest absolute Gasteiger partial charge is 0.407 e. The zero-order chi connectivity index (χ0) is 21.2. The lowest BCUT2D eigenvalue weighted by atomic mass is 9.90. The van der Waals surface area contributed by atoms with Gasteiger partial charge in [0.05, 0.1) is 11.6 Å². The van der Waals surface area contributed by atoms with Crippen LogP contribution in [0.15, 0.2) is 18.2 Å². The van der Waals surface area contributed by atoms with Crippen molar-refractivity contribution in [3.05, 3.63) is 29.6 Å². The number of nitrogens with one attached hydrogen (secondary N) is 2. The van der Waals surface area contributed by atoms with E-state index in [9.17, 15) is 14.7 Å². The Kier molecular flexibility index (Phi) is 5.91. The molecule has 1 amide bonds. The van der Waals surface area contributed by atoms with Crippen molar-refractivity contribution < 1.29 is 19.4 Å². The molecule has 0 aliphatic heterocycles. The first-order valence-corrected chi connectivity index (χ1v) is 9.88. The Morgan fingerprint density at radius 3 is 2.48 bits per heavy atom. The molecule has 156 valence electrons. The van der Waals surface area contributed by atoms with Crippen LogP contribution >= 0.6 is 0 Å². The monoisotopic (exact) mass is 399 g/mol. The molecular weight excluding hydrogens is 372 g/mol. The third-order valence-electron chi connectivity index (χ3n) is 4.82. The SMILES string of the molecule is Cc1ccc2nc(C(=O)[O-])nc(N[C@H]3CCCC[C@H]3NC(=O)OC(C)(C)C)c2c1. The molecule has 1 fully saturated rings. The highest BCUT2D eigenvalue weighted by molar-refractivity contribution is 5.93. The molecule has 3 rings (SSSR count). The van der Waals surface area contributed by atoms with Gasteiger partial charge in [0.2, 0.25) is 0 Å². The summed E-state index contributed by atoms with van der Waals surface area (Å²) in [6, 6.07) is 5.28. The molecule has 1 aromatic heterocycles. The van der Waals surface area contributed by atoms with Gasteiger partial charge in [0.15, 0.2) is 5.82 Å². The first-order chi connectivity index (χ1) is 13.6. The number of fused-ring (bicyclic) bond motifs is 1. The summed E-state index contributed by atoms with van der Waals surface area (Å²) in [5.74, 6) is -1.36. The van der Waals surface area contributed by atoms with Gasteiger partial charge in [0, 0.05) is 11.4 Å². The number of carboxylic acids is 1. The predicted molar refractivity (Wildman–Crippen MR) is 108 cm³/mol. The van der Waals surface area contributed by atoms with Crippen molar-refractivity contribution in [2.75, 3.05) is 5.32 Å². The van der Waals surface area contributed by atoms with Crippen LogP contribution in [0.4, 0.5) is 10.6 Å². The van der Waals surface area contributed by atoms with Crippen molar-refractivity contribution in [1.82, 2.24) is 15.3 Å². The number of anilines is 1. The quantitative estimate of drug-likeness (QED) is 0.811. The maximum absolute atomic E-state index is 12.3. The van der Waals surface area contributed by atoms with Crippen LogP contribution in [0.2, 0.25) is 0 Å². The summed E-state index contributed by atoms with van der Waals surface area (Å²) < 4.78 is 5.39. The topological polar surface area (TPSA) is 116 Å². The van der Waals surface area contributed by atoms with Crippen molar-refractivity contribution >= 4 is 28.8 Å². The number of rotatable bonds is 4. The molecule has 1 aromatic carbocycles. The molecule has 2 N–H and O–H groups in total.